The minimum absolute atomic E-state index is 0.441. The summed E-state index contributed by atoms with van der Waals surface area (Å²) in [4.78, 5) is 13.8. The fraction of sp³-hybridized carbons (Fsp3) is 0.929. The largest absolute Gasteiger partial charge is 0.480 e. The number of nitrogens with zero attached hydrogens (tertiary/aromatic N) is 1. The molecule has 0 spiro atoms. The quantitative estimate of drug-likeness (QED) is 0.775. The summed E-state index contributed by atoms with van der Waals surface area (Å²) in [6.45, 7) is 7.23. The molecule has 1 heterocycles. The van der Waals surface area contributed by atoms with Crippen molar-refractivity contribution in [2.24, 2.45) is 0 Å². The zero-order chi connectivity index (χ0) is 12.9. The fourth-order valence-corrected chi connectivity index (χ4v) is 2.98. The molecule has 0 saturated carbocycles. The number of rotatable bonds is 6. The minimum Gasteiger partial charge on any atom is -0.480 e. The van der Waals surface area contributed by atoms with Gasteiger partial charge in [0.2, 0.25) is 0 Å². The van der Waals surface area contributed by atoms with E-state index in [-0.39, 0.29) is 0 Å². The third-order valence-corrected chi connectivity index (χ3v) is 4.21. The Kier molecular flexibility index (Phi) is 5.44. The topological polar surface area (TPSA) is 40.5 Å². The molecule has 3 nitrogen and oxygen atoms in total. The van der Waals surface area contributed by atoms with Crippen molar-refractivity contribution in [1.82, 2.24) is 4.90 Å². The fourth-order valence-electron chi connectivity index (χ4n) is 2.98. The van der Waals surface area contributed by atoms with Gasteiger partial charge in [0.1, 0.15) is 5.54 Å². The maximum absolute atomic E-state index is 11.5. The molecule has 2 unspecified atom stereocenters. The van der Waals surface area contributed by atoms with Crippen LogP contribution >= 0.6 is 0 Å². The van der Waals surface area contributed by atoms with Crippen molar-refractivity contribution >= 4 is 5.97 Å². The molecule has 17 heavy (non-hydrogen) atoms. The molecule has 0 aliphatic carbocycles. The van der Waals surface area contributed by atoms with Gasteiger partial charge in [0.05, 0.1) is 0 Å². The third kappa shape index (κ3) is 3.21. The molecular formula is C14H27NO2. The van der Waals surface area contributed by atoms with Crippen LogP contribution < -0.4 is 0 Å². The number of unbranched alkanes of at least 4 members (excludes halogenated alkanes) is 1. The van der Waals surface area contributed by atoms with E-state index < -0.39 is 11.5 Å². The molecule has 0 aromatic rings. The van der Waals surface area contributed by atoms with Crippen LogP contribution in [0.5, 0.6) is 0 Å². The van der Waals surface area contributed by atoms with Crippen molar-refractivity contribution in [3.63, 3.8) is 0 Å². The summed E-state index contributed by atoms with van der Waals surface area (Å²) in [7, 11) is 0. The molecule has 3 heteroatoms. The standard InChI is InChI=1S/C14H27NO2/c1-4-6-9-12(5-2)15-11-8-7-10-14(15,3)13(16)17/h12H,4-11H2,1-3H3,(H,16,17). The Labute approximate surface area is 105 Å². The average molecular weight is 241 g/mol. The predicted molar refractivity (Wildman–Crippen MR) is 70.2 cm³/mol. The van der Waals surface area contributed by atoms with Gasteiger partial charge in [-0.05, 0) is 45.6 Å². The van der Waals surface area contributed by atoms with Crippen LogP contribution in [0.1, 0.15) is 65.7 Å². The summed E-state index contributed by atoms with van der Waals surface area (Å²) in [6, 6.07) is 0.441. The molecule has 1 aliphatic rings. The van der Waals surface area contributed by atoms with Gasteiger partial charge in [-0.3, -0.25) is 9.69 Å². The van der Waals surface area contributed by atoms with Gasteiger partial charge in [0.25, 0.3) is 0 Å². The molecule has 2 atom stereocenters. The van der Waals surface area contributed by atoms with Crippen LogP contribution in [-0.2, 0) is 4.79 Å². The Morgan fingerprint density at radius 2 is 2.12 bits per heavy atom. The normalized spacial score (nSPS) is 27.9. The lowest BCUT2D eigenvalue weighted by Gasteiger charge is -2.46. The first-order chi connectivity index (χ1) is 8.06. The van der Waals surface area contributed by atoms with Gasteiger partial charge >= 0.3 is 5.97 Å². The molecule has 1 fully saturated rings. The number of carboxylic acid groups (broad SMARTS) is 1. The molecule has 1 aliphatic heterocycles. The second kappa shape index (κ2) is 6.39. The lowest BCUT2D eigenvalue weighted by Crippen LogP contribution is -2.58. The second-order valence-corrected chi connectivity index (χ2v) is 5.43. The molecule has 0 aromatic heterocycles. The van der Waals surface area contributed by atoms with Crippen LogP contribution in [-0.4, -0.2) is 34.1 Å². The van der Waals surface area contributed by atoms with Gasteiger partial charge in [-0.25, -0.2) is 0 Å². The molecule has 0 radical (unpaired) electrons. The van der Waals surface area contributed by atoms with Crippen molar-refractivity contribution in [3.05, 3.63) is 0 Å². The number of likely N-dealkylation sites (tertiary alicyclic amines) is 1. The molecule has 0 bridgehead atoms. The summed E-state index contributed by atoms with van der Waals surface area (Å²) in [5, 5.41) is 9.50. The Balaban J connectivity index is 2.78. The summed E-state index contributed by atoms with van der Waals surface area (Å²) >= 11 is 0. The van der Waals surface area contributed by atoms with E-state index in [0.29, 0.717) is 6.04 Å². The Morgan fingerprint density at radius 1 is 1.41 bits per heavy atom. The highest BCUT2D eigenvalue weighted by atomic mass is 16.4. The average Bonchev–Trinajstić information content (AvgIpc) is 2.32. The maximum atomic E-state index is 11.5. The number of hydrogen-bond acceptors (Lipinski definition) is 2. The Morgan fingerprint density at radius 3 is 2.65 bits per heavy atom. The van der Waals surface area contributed by atoms with Crippen LogP contribution in [0.15, 0.2) is 0 Å². The number of hydrogen-bond donors (Lipinski definition) is 1. The maximum Gasteiger partial charge on any atom is 0.323 e. The first-order valence-electron chi connectivity index (χ1n) is 7.06. The number of carbonyl (C=O) groups is 1. The summed E-state index contributed by atoms with van der Waals surface area (Å²) in [5.41, 5.74) is -0.632. The first kappa shape index (κ1) is 14.5. The summed E-state index contributed by atoms with van der Waals surface area (Å²) in [5.74, 6) is -0.646. The van der Waals surface area contributed by atoms with E-state index in [1.54, 1.807) is 0 Å². The van der Waals surface area contributed by atoms with E-state index >= 15 is 0 Å². The van der Waals surface area contributed by atoms with E-state index in [2.05, 4.69) is 18.7 Å². The molecular weight excluding hydrogens is 214 g/mol. The van der Waals surface area contributed by atoms with Gasteiger partial charge in [-0.15, -0.1) is 0 Å². The van der Waals surface area contributed by atoms with Gasteiger partial charge in [0.15, 0.2) is 0 Å². The van der Waals surface area contributed by atoms with E-state index in [1.807, 2.05) is 6.92 Å². The lowest BCUT2D eigenvalue weighted by molar-refractivity contribution is -0.155. The van der Waals surface area contributed by atoms with Crippen molar-refractivity contribution in [2.45, 2.75) is 77.3 Å². The highest BCUT2D eigenvalue weighted by Gasteiger charge is 2.43. The smallest absolute Gasteiger partial charge is 0.323 e. The highest BCUT2D eigenvalue weighted by Crippen LogP contribution is 2.32. The number of piperidine rings is 1. The third-order valence-electron chi connectivity index (χ3n) is 4.21. The van der Waals surface area contributed by atoms with Crippen LogP contribution in [0.2, 0.25) is 0 Å². The van der Waals surface area contributed by atoms with Gasteiger partial charge in [0, 0.05) is 6.04 Å². The van der Waals surface area contributed by atoms with Gasteiger partial charge in [-0.1, -0.05) is 26.7 Å². The van der Waals surface area contributed by atoms with Crippen LogP contribution in [0.25, 0.3) is 0 Å². The molecule has 0 aromatic carbocycles. The van der Waals surface area contributed by atoms with Crippen LogP contribution in [0.3, 0.4) is 0 Å². The molecule has 1 rings (SSSR count). The molecule has 1 N–H and O–H groups in total. The molecule has 0 amide bonds. The number of carboxylic acids is 1. The first-order valence-corrected chi connectivity index (χ1v) is 7.06. The number of aliphatic carboxylic acids is 1. The monoisotopic (exact) mass is 241 g/mol. The van der Waals surface area contributed by atoms with Crippen LogP contribution in [0.4, 0.5) is 0 Å². The van der Waals surface area contributed by atoms with E-state index in [0.717, 1.165) is 38.6 Å². The Bertz CT molecular complexity index is 255. The van der Waals surface area contributed by atoms with Crippen LogP contribution in [0, 0.1) is 0 Å². The van der Waals surface area contributed by atoms with E-state index in [4.69, 9.17) is 0 Å². The molecule has 1 saturated heterocycles. The van der Waals surface area contributed by atoms with Gasteiger partial charge < -0.3 is 5.11 Å². The predicted octanol–water partition coefficient (Wildman–Crippen LogP) is 3.28. The van der Waals surface area contributed by atoms with Crippen molar-refractivity contribution in [3.8, 4) is 0 Å². The lowest BCUT2D eigenvalue weighted by atomic mass is 9.85. The SMILES string of the molecule is CCCCC(CC)N1CCCCC1(C)C(=O)O. The van der Waals surface area contributed by atoms with E-state index in [9.17, 15) is 9.90 Å². The second-order valence-electron chi connectivity index (χ2n) is 5.43. The summed E-state index contributed by atoms with van der Waals surface area (Å²) < 4.78 is 0. The van der Waals surface area contributed by atoms with Gasteiger partial charge in [-0.2, -0.15) is 0 Å². The minimum atomic E-state index is -0.646. The van der Waals surface area contributed by atoms with E-state index in [1.165, 1.54) is 12.8 Å². The zero-order valence-electron chi connectivity index (χ0n) is 11.5. The highest BCUT2D eigenvalue weighted by molar-refractivity contribution is 5.78. The van der Waals surface area contributed by atoms with Crippen molar-refractivity contribution < 1.29 is 9.90 Å². The van der Waals surface area contributed by atoms with Crippen molar-refractivity contribution in [1.29, 1.82) is 0 Å². The van der Waals surface area contributed by atoms with Crippen molar-refractivity contribution in [2.75, 3.05) is 6.54 Å². The summed E-state index contributed by atoms with van der Waals surface area (Å²) in [6.07, 6.45) is 7.57. The molecule has 100 valence electrons. The Hall–Kier alpha value is -0.570. The zero-order valence-corrected chi connectivity index (χ0v) is 11.5.